The van der Waals surface area contributed by atoms with Crippen LogP contribution in [0.5, 0.6) is 0 Å². The fraction of sp³-hybridized carbons (Fsp3) is 0.667. The molecule has 0 bridgehead atoms. The largest absolute Gasteiger partial charge is 0.370 e. The van der Waals surface area contributed by atoms with Crippen molar-refractivity contribution in [2.75, 3.05) is 31.1 Å². The zero-order chi connectivity index (χ0) is 16.6. The summed E-state index contributed by atoms with van der Waals surface area (Å²) in [6.45, 7) is 13.0. The molecule has 0 radical (unpaired) electrons. The third-order valence-electron chi connectivity index (χ3n) is 4.74. The van der Waals surface area contributed by atoms with Crippen molar-refractivity contribution in [3.8, 4) is 6.07 Å². The number of anilines is 1. The van der Waals surface area contributed by atoms with Crippen molar-refractivity contribution in [3.05, 3.63) is 22.4 Å². The van der Waals surface area contributed by atoms with E-state index in [1.54, 1.807) is 0 Å². The lowest BCUT2D eigenvalue weighted by atomic mass is 9.84. The van der Waals surface area contributed by atoms with Crippen molar-refractivity contribution in [3.63, 3.8) is 0 Å². The molecule has 1 N–H and O–H groups in total. The summed E-state index contributed by atoms with van der Waals surface area (Å²) in [5.74, 6) is 1.39. The highest BCUT2D eigenvalue weighted by Crippen LogP contribution is 2.38. The van der Waals surface area contributed by atoms with Crippen LogP contribution in [0.3, 0.4) is 0 Å². The van der Waals surface area contributed by atoms with Gasteiger partial charge in [0.1, 0.15) is 17.6 Å². The van der Waals surface area contributed by atoms with Gasteiger partial charge in [0.05, 0.1) is 12.2 Å². The Hall–Kier alpha value is -1.64. The van der Waals surface area contributed by atoms with Crippen molar-refractivity contribution in [1.82, 2.24) is 10.3 Å². The molecule has 0 unspecified atom stereocenters. The molecule has 23 heavy (non-hydrogen) atoms. The van der Waals surface area contributed by atoms with Gasteiger partial charge >= 0.3 is 0 Å². The van der Waals surface area contributed by atoms with Crippen LogP contribution in [-0.2, 0) is 17.8 Å². The Bertz CT molecular complexity index is 639. The molecule has 0 amide bonds. The first kappa shape index (κ1) is 16.2. The van der Waals surface area contributed by atoms with Gasteiger partial charge in [-0.3, -0.25) is 0 Å². The van der Waals surface area contributed by atoms with Crippen molar-refractivity contribution >= 4 is 5.82 Å². The normalized spacial score (nSPS) is 20.3. The summed E-state index contributed by atoms with van der Waals surface area (Å²) in [6, 6.07) is 2.29. The number of nitriles is 1. The van der Waals surface area contributed by atoms with Gasteiger partial charge in [0, 0.05) is 43.7 Å². The van der Waals surface area contributed by atoms with Gasteiger partial charge in [-0.25, -0.2) is 4.98 Å². The van der Waals surface area contributed by atoms with Crippen LogP contribution < -0.4 is 10.2 Å². The zero-order valence-electron chi connectivity index (χ0n) is 14.6. The maximum absolute atomic E-state index is 9.58. The van der Waals surface area contributed by atoms with Crippen molar-refractivity contribution < 1.29 is 4.74 Å². The average molecular weight is 314 g/mol. The fourth-order valence-electron chi connectivity index (χ4n) is 3.59. The molecule has 1 fully saturated rings. The number of nitrogens with zero attached hydrogens (tertiary/aromatic N) is 3. The molecule has 1 aromatic heterocycles. The van der Waals surface area contributed by atoms with Gasteiger partial charge < -0.3 is 15.0 Å². The molecule has 5 heteroatoms. The Labute approximate surface area is 138 Å². The quantitative estimate of drug-likeness (QED) is 0.908. The molecule has 0 aromatic carbocycles. The van der Waals surface area contributed by atoms with Crippen molar-refractivity contribution in [2.45, 2.75) is 52.2 Å². The van der Waals surface area contributed by atoms with E-state index in [4.69, 9.17) is 9.72 Å². The van der Waals surface area contributed by atoms with Crippen LogP contribution in [-0.4, -0.2) is 36.8 Å². The number of fused-ring (bicyclic) bond motifs is 1. The minimum absolute atomic E-state index is 0.189. The summed E-state index contributed by atoms with van der Waals surface area (Å²) in [7, 11) is 0. The molecule has 3 heterocycles. The van der Waals surface area contributed by atoms with Crippen molar-refractivity contribution in [2.24, 2.45) is 0 Å². The standard InChI is InChI=1S/C18H26N4O/c1-12(2)16-13-9-18(3,4)23-11-14(13)15(10-19)21-17(16)22-7-5-20-6-8-22/h12,20H,5-9,11H2,1-4H3. The highest BCUT2D eigenvalue weighted by atomic mass is 16.5. The Morgan fingerprint density at radius 3 is 2.57 bits per heavy atom. The maximum Gasteiger partial charge on any atom is 0.148 e. The number of piperazine rings is 1. The van der Waals surface area contributed by atoms with Crippen LogP contribution in [0.15, 0.2) is 0 Å². The Balaban J connectivity index is 2.18. The summed E-state index contributed by atoms with van der Waals surface area (Å²) in [5, 5.41) is 13.0. The van der Waals surface area contributed by atoms with Gasteiger partial charge in [0.2, 0.25) is 0 Å². The smallest absolute Gasteiger partial charge is 0.148 e. The first-order valence-corrected chi connectivity index (χ1v) is 8.48. The fourth-order valence-corrected chi connectivity index (χ4v) is 3.59. The van der Waals surface area contributed by atoms with E-state index in [9.17, 15) is 5.26 Å². The summed E-state index contributed by atoms with van der Waals surface area (Å²) in [6.07, 6.45) is 0.839. The van der Waals surface area contributed by atoms with Gasteiger partial charge in [-0.1, -0.05) is 13.8 Å². The summed E-state index contributed by atoms with van der Waals surface area (Å²) in [4.78, 5) is 7.08. The molecule has 2 aliphatic heterocycles. The topological polar surface area (TPSA) is 61.2 Å². The molecule has 0 aliphatic carbocycles. The Morgan fingerprint density at radius 2 is 1.96 bits per heavy atom. The molecule has 3 rings (SSSR count). The van der Waals surface area contributed by atoms with Gasteiger partial charge in [-0.2, -0.15) is 5.26 Å². The first-order chi connectivity index (χ1) is 10.9. The third kappa shape index (κ3) is 3.06. The molecule has 0 atom stereocenters. The second kappa shape index (κ2) is 6.10. The molecular formula is C18H26N4O. The predicted molar refractivity (Wildman–Crippen MR) is 90.7 cm³/mol. The number of hydrogen-bond acceptors (Lipinski definition) is 5. The van der Waals surface area contributed by atoms with E-state index >= 15 is 0 Å². The van der Waals surface area contributed by atoms with E-state index in [0.717, 1.165) is 44.0 Å². The Morgan fingerprint density at radius 1 is 1.26 bits per heavy atom. The zero-order valence-corrected chi connectivity index (χ0v) is 14.6. The van der Waals surface area contributed by atoms with Crippen LogP contribution in [0.1, 0.15) is 56.0 Å². The number of ether oxygens (including phenoxy) is 1. The summed E-state index contributed by atoms with van der Waals surface area (Å²) in [5.41, 5.74) is 3.93. The van der Waals surface area contributed by atoms with Crippen LogP contribution in [0.4, 0.5) is 5.82 Å². The monoisotopic (exact) mass is 314 g/mol. The second-order valence-electron chi connectivity index (χ2n) is 7.38. The van der Waals surface area contributed by atoms with Gasteiger partial charge in [0.25, 0.3) is 0 Å². The number of aromatic nitrogens is 1. The molecule has 0 spiro atoms. The van der Waals surface area contributed by atoms with Gasteiger partial charge in [-0.05, 0) is 25.3 Å². The third-order valence-corrected chi connectivity index (χ3v) is 4.74. The van der Waals surface area contributed by atoms with Crippen LogP contribution in [0.25, 0.3) is 0 Å². The summed E-state index contributed by atoms with van der Waals surface area (Å²) < 4.78 is 5.94. The number of nitrogens with one attached hydrogen (secondary N) is 1. The first-order valence-electron chi connectivity index (χ1n) is 8.48. The molecule has 2 aliphatic rings. The van der Waals surface area contributed by atoms with E-state index in [1.807, 2.05) is 0 Å². The van der Waals surface area contributed by atoms with E-state index in [-0.39, 0.29) is 5.60 Å². The van der Waals surface area contributed by atoms with Crippen LogP contribution in [0.2, 0.25) is 0 Å². The van der Waals surface area contributed by atoms with Gasteiger partial charge in [0.15, 0.2) is 0 Å². The predicted octanol–water partition coefficient (Wildman–Crippen LogP) is 2.34. The lowest BCUT2D eigenvalue weighted by Crippen LogP contribution is -2.45. The molecule has 1 saturated heterocycles. The highest BCUT2D eigenvalue weighted by Gasteiger charge is 2.33. The van der Waals surface area contributed by atoms with Crippen LogP contribution in [0, 0.1) is 11.3 Å². The minimum Gasteiger partial charge on any atom is -0.370 e. The maximum atomic E-state index is 9.58. The van der Waals surface area contributed by atoms with Crippen LogP contribution >= 0.6 is 0 Å². The van der Waals surface area contributed by atoms with E-state index in [2.05, 4.69) is 44.0 Å². The number of pyridine rings is 1. The lowest BCUT2D eigenvalue weighted by molar-refractivity contribution is -0.0406. The Kier molecular flexibility index (Phi) is 4.31. The molecule has 124 valence electrons. The number of hydrogen-bond donors (Lipinski definition) is 1. The average Bonchev–Trinajstić information content (AvgIpc) is 2.52. The van der Waals surface area contributed by atoms with E-state index in [0.29, 0.717) is 18.2 Å². The molecule has 1 aromatic rings. The lowest BCUT2D eigenvalue weighted by Gasteiger charge is -2.37. The molecule has 5 nitrogen and oxygen atoms in total. The second-order valence-corrected chi connectivity index (χ2v) is 7.38. The van der Waals surface area contributed by atoms with Gasteiger partial charge in [-0.15, -0.1) is 0 Å². The molecule has 0 saturated carbocycles. The van der Waals surface area contributed by atoms with Crippen molar-refractivity contribution in [1.29, 1.82) is 5.26 Å². The minimum atomic E-state index is -0.189. The SMILES string of the molecule is CC(C)c1c(N2CCNCC2)nc(C#N)c2c1CC(C)(C)OC2. The summed E-state index contributed by atoms with van der Waals surface area (Å²) >= 11 is 0. The molecular weight excluding hydrogens is 288 g/mol. The van der Waals surface area contributed by atoms with E-state index < -0.39 is 0 Å². The highest BCUT2D eigenvalue weighted by molar-refractivity contribution is 5.59. The van der Waals surface area contributed by atoms with E-state index in [1.165, 1.54) is 11.1 Å². The number of rotatable bonds is 2.